The highest BCUT2D eigenvalue weighted by atomic mass is 32.1. The van der Waals surface area contributed by atoms with E-state index in [9.17, 15) is 4.79 Å². The lowest BCUT2D eigenvalue weighted by Crippen LogP contribution is -2.16. The average Bonchev–Trinajstić information content (AvgIpc) is 2.36. The molecule has 2 nitrogen and oxygen atoms in total. The molecule has 0 heterocycles. The summed E-state index contributed by atoms with van der Waals surface area (Å²) in [4.78, 5) is 11.9. The smallest absolute Gasteiger partial charge is 0.339 e. The Kier molecular flexibility index (Phi) is 5.66. The molecule has 0 aromatic heterocycles. The van der Waals surface area contributed by atoms with Crippen molar-refractivity contribution in [3.05, 3.63) is 48.0 Å². The minimum atomic E-state index is -0.507. The van der Waals surface area contributed by atoms with Crippen LogP contribution in [0.2, 0.25) is 0 Å². The van der Waals surface area contributed by atoms with Gasteiger partial charge < -0.3 is 4.74 Å². The lowest BCUT2D eigenvalue weighted by atomic mass is 10.1. The van der Waals surface area contributed by atoms with Crippen molar-refractivity contribution in [1.82, 2.24) is 0 Å². The van der Waals surface area contributed by atoms with Crippen molar-refractivity contribution in [1.29, 1.82) is 0 Å². The first-order valence-electron chi connectivity index (χ1n) is 5.02. The van der Waals surface area contributed by atoms with Crippen LogP contribution < -0.4 is 0 Å². The number of thiocarbonyl (C=S) groups is 2. The van der Waals surface area contributed by atoms with E-state index in [4.69, 9.17) is 17.0 Å². The lowest BCUT2D eigenvalue weighted by molar-refractivity contribution is -0.136. The largest absolute Gasteiger partial charge is 0.457 e. The van der Waals surface area contributed by atoms with Crippen LogP contribution in [0.3, 0.4) is 0 Å². The van der Waals surface area contributed by atoms with Crippen molar-refractivity contribution in [2.75, 3.05) is 6.61 Å². The minimum absolute atomic E-state index is 0.0984. The molecule has 0 bridgehead atoms. The van der Waals surface area contributed by atoms with E-state index in [-0.39, 0.29) is 12.2 Å². The predicted molar refractivity (Wildman–Crippen MR) is 76.5 cm³/mol. The van der Waals surface area contributed by atoms with Crippen molar-refractivity contribution < 1.29 is 9.53 Å². The van der Waals surface area contributed by atoms with Crippen LogP contribution in [-0.2, 0) is 16.0 Å². The summed E-state index contributed by atoms with van der Waals surface area (Å²) in [6.45, 7) is 3.74. The lowest BCUT2D eigenvalue weighted by Gasteiger charge is -2.06. The van der Waals surface area contributed by atoms with Gasteiger partial charge in [-0.05, 0) is 5.56 Å². The highest BCUT2D eigenvalue weighted by molar-refractivity contribution is 7.81. The van der Waals surface area contributed by atoms with Gasteiger partial charge in [0.15, 0.2) is 0 Å². The highest BCUT2D eigenvalue weighted by Crippen LogP contribution is 2.07. The number of esters is 1. The van der Waals surface area contributed by atoms with Gasteiger partial charge in [-0.15, -0.1) is 0 Å². The Morgan fingerprint density at radius 1 is 1.35 bits per heavy atom. The molecule has 0 unspecified atom stereocenters. The van der Waals surface area contributed by atoms with Crippen LogP contribution in [0.25, 0.3) is 0 Å². The molecule has 0 saturated heterocycles. The Morgan fingerprint density at radius 2 is 2.00 bits per heavy atom. The standard InChI is InChI=1S/C13H12O2S2/c1-10(13(14)15-7-8-16)12(17)9-11-5-3-2-4-6-11/h2-6,8H,1,7,9H2. The van der Waals surface area contributed by atoms with Gasteiger partial charge in [0, 0.05) is 16.7 Å². The minimum Gasteiger partial charge on any atom is -0.457 e. The Hall–Kier alpha value is -1.39. The molecular formula is C13H12O2S2. The van der Waals surface area contributed by atoms with Gasteiger partial charge in [-0.3, -0.25) is 0 Å². The summed E-state index contributed by atoms with van der Waals surface area (Å²) in [5.41, 5.74) is 1.27. The van der Waals surface area contributed by atoms with E-state index < -0.39 is 5.97 Å². The van der Waals surface area contributed by atoms with Crippen LogP contribution in [0, 0.1) is 0 Å². The number of hydrogen-bond donors (Lipinski definition) is 0. The molecule has 17 heavy (non-hydrogen) atoms. The van der Waals surface area contributed by atoms with E-state index in [1.165, 1.54) is 5.37 Å². The van der Waals surface area contributed by atoms with Crippen molar-refractivity contribution in [2.45, 2.75) is 6.42 Å². The molecule has 0 aliphatic heterocycles. The van der Waals surface area contributed by atoms with Gasteiger partial charge >= 0.3 is 5.97 Å². The second-order valence-corrected chi connectivity index (χ2v) is 4.16. The number of rotatable bonds is 6. The Bertz CT molecular complexity index is 438. The first-order valence-corrected chi connectivity index (χ1v) is 5.90. The van der Waals surface area contributed by atoms with Gasteiger partial charge in [0.1, 0.15) is 6.61 Å². The third-order valence-corrected chi connectivity index (χ3v) is 2.60. The van der Waals surface area contributed by atoms with E-state index in [0.29, 0.717) is 11.3 Å². The van der Waals surface area contributed by atoms with E-state index in [2.05, 4.69) is 18.8 Å². The SMILES string of the molecule is C=C(C(=O)OCC=S)C(=S)Cc1ccccc1. The molecule has 0 saturated carbocycles. The molecule has 0 N–H and O–H groups in total. The van der Waals surface area contributed by atoms with E-state index >= 15 is 0 Å². The topological polar surface area (TPSA) is 26.3 Å². The molecule has 0 aliphatic carbocycles. The summed E-state index contributed by atoms with van der Waals surface area (Å²) in [7, 11) is 0. The number of hydrogen-bond acceptors (Lipinski definition) is 4. The molecule has 1 aromatic rings. The van der Waals surface area contributed by atoms with E-state index in [1.54, 1.807) is 0 Å². The number of carbonyl (C=O) groups is 1. The van der Waals surface area contributed by atoms with Crippen LogP contribution in [0.4, 0.5) is 0 Å². The second-order valence-electron chi connectivity index (χ2n) is 3.33. The fourth-order valence-corrected chi connectivity index (χ4v) is 1.52. The summed E-state index contributed by atoms with van der Waals surface area (Å²) in [6.07, 6.45) is 0.516. The average molecular weight is 264 g/mol. The van der Waals surface area contributed by atoms with Gasteiger partial charge in [-0.2, -0.15) is 0 Å². The van der Waals surface area contributed by atoms with Gasteiger partial charge in [0.2, 0.25) is 0 Å². The van der Waals surface area contributed by atoms with Crippen LogP contribution in [-0.4, -0.2) is 22.8 Å². The Labute approximate surface area is 111 Å². The molecule has 0 aliphatic rings. The second kappa shape index (κ2) is 7.04. The molecule has 88 valence electrons. The molecule has 0 amide bonds. The third-order valence-electron chi connectivity index (χ3n) is 2.07. The zero-order valence-corrected chi connectivity index (χ0v) is 10.9. The molecule has 4 heteroatoms. The summed E-state index contributed by atoms with van der Waals surface area (Å²) in [6, 6.07) is 9.66. The van der Waals surface area contributed by atoms with Crippen LogP contribution in [0.15, 0.2) is 42.5 Å². The molecule has 1 aromatic carbocycles. The summed E-state index contributed by atoms with van der Waals surface area (Å²) in [5.74, 6) is -0.507. The zero-order chi connectivity index (χ0) is 12.7. The fourth-order valence-electron chi connectivity index (χ4n) is 1.20. The van der Waals surface area contributed by atoms with Crippen molar-refractivity contribution >= 4 is 40.6 Å². The first-order chi connectivity index (χ1) is 8.15. The zero-order valence-electron chi connectivity index (χ0n) is 9.22. The van der Waals surface area contributed by atoms with Gasteiger partial charge in [-0.1, -0.05) is 61.3 Å². The van der Waals surface area contributed by atoms with Gasteiger partial charge in [0.25, 0.3) is 0 Å². The van der Waals surface area contributed by atoms with E-state index in [1.807, 2.05) is 30.3 Å². The maximum absolute atomic E-state index is 11.5. The maximum Gasteiger partial charge on any atom is 0.339 e. The quantitative estimate of drug-likeness (QED) is 0.448. The molecule has 0 fully saturated rings. The predicted octanol–water partition coefficient (Wildman–Crippen LogP) is 2.70. The summed E-state index contributed by atoms with van der Waals surface area (Å²) in [5, 5.41) is 1.34. The maximum atomic E-state index is 11.5. The van der Waals surface area contributed by atoms with Crippen molar-refractivity contribution in [3.8, 4) is 0 Å². The molecule has 0 spiro atoms. The Morgan fingerprint density at radius 3 is 2.59 bits per heavy atom. The van der Waals surface area contributed by atoms with Crippen LogP contribution in [0.5, 0.6) is 0 Å². The van der Waals surface area contributed by atoms with Crippen molar-refractivity contribution in [3.63, 3.8) is 0 Å². The van der Waals surface area contributed by atoms with Gasteiger partial charge in [-0.25, -0.2) is 4.79 Å². The van der Waals surface area contributed by atoms with Crippen LogP contribution in [0.1, 0.15) is 5.56 Å². The molecular weight excluding hydrogens is 252 g/mol. The summed E-state index contributed by atoms with van der Waals surface area (Å²) < 4.78 is 4.83. The third kappa shape index (κ3) is 4.54. The van der Waals surface area contributed by atoms with Crippen LogP contribution >= 0.6 is 24.4 Å². The molecule has 1 rings (SSSR count). The molecule has 0 atom stereocenters. The fraction of sp³-hybridized carbons (Fsp3) is 0.154. The van der Waals surface area contributed by atoms with Crippen molar-refractivity contribution in [2.24, 2.45) is 0 Å². The number of carbonyl (C=O) groups excluding carboxylic acids is 1. The number of benzene rings is 1. The molecule has 0 radical (unpaired) electrons. The first kappa shape index (κ1) is 13.7. The Balaban J connectivity index is 2.56. The highest BCUT2D eigenvalue weighted by Gasteiger charge is 2.13. The van der Waals surface area contributed by atoms with E-state index in [0.717, 1.165) is 5.56 Å². The normalized spacial score (nSPS) is 9.41. The monoisotopic (exact) mass is 264 g/mol. The van der Waals surface area contributed by atoms with Gasteiger partial charge in [0.05, 0.1) is 5.57 Å². The summed E-state index contributed by atoms with van der Waals surface area (Å²) >= 11 is 9.71. The number of ether oxygens (including phenoxy) is 1.